The van der Waals surface area contributed by atoms with Crippen LogP contribution < -0.4 is 4.74 Å². The second-order valence-electron chi connectivity index (χ2n) is 8.64. The molecule has 0 spiro atoms. The van der Waals surface area contributed by atoms with E-state index in [0.29, 0.717) is 23.1 Å². The molecular formula is C24H27N3O4. The Bertz CT molecular complexity index is 1060. The number of H-pyrrole nitrogens is 1. The predicted octanol–water partition coefficient (Wildman–Crippen LogP) is 3.00. The number of esters is 1. The monoisotopic (exact) mass is 421 g/mol. The SMILES string of the molecule is COC(=O)c1ccc(O[C@H]2C[C@@H]3CN(Cc4c[nH]c5ncccc45)C[C@@H]3C[C@@H]2O)cc1. The third-order valence-corrected chi connectivity index (χ3v) is 6.65. The largest absolute Gasteiger partial charge is 0.488 e. The number of rotatable bonds is 5. The summed E-state index contributed by atoms with van der Waals surface area (Å²) in [4.78, 5) is 21.7. The molecule has 2 aliphatic rings. The van der Waals surface area contributed by atoms with E-state index in [4.69, 9.17) is 9.47 Å². The van der Waals surface area contributed by atoms with E-state index >= 15 is 0 Å². The van der Waals surface area contributed by atoms with Crippen LogP contribution >= 0.6 is 0 Å². The van der Waals surface area contributed by atoms with E-state index in [0.717, 1.165) is 38.1 Å². The van der Waals surface area contributed by atoms with E-state index in [1.54, 1.807) is 30.5 Å². The third kappa shape index (κ3) is 4.03. The smallest absolute Gasteiger partial charge is 0.337 e. The molecule has 31 heavy (non-hydrogen) atoms. The van der Waals surface area contributed by atoms with Crippen molar-refractivity contribution in [2.45, 2.75) is 31.6 Å². The fourth-order valence-electron chi connectivity index (χ4n) is 5.09. The number of aliphatic hydroxyl groups excluding tert-OH is 1. The summed E-state index contributed by atoms with van der Waals surface area (Å²) in [6, 6.07) is 11.0. The molecule has 3 aromatic rings. The van der Waals surface area contributed by atoms with Gasteiger partial charge in [-0.1, -0.05) is 0 Å². The molecule has 3 heterocycles. The number of benzene rings is 1. The van der Waals surface area contributed by atoms with Crippen molar-refractivity contribution in [3.63, 3.8) is 0 Å². The molecule has 5 rings (SSSR count). The standard InChI is InChI=1S/C24H27N3O4/c1-30-24(29)15-4-6-19(7-5-15)31-22-10-17-13-27(12-16(17)9-21(22)28)14-18-11-26-23-20(18)3-2-8-25-23/h2-8,11,16-17,21-22,28H,9-10,12-14H2,1H3,(H,25,26)/t16-,17+,21-,22-/m0/s1. The Balaban J connectivity index is 1.22. The summed E-state index contributed by atoms with van der Waals surface area (Å²) in [5.41, 5.74) is 2.68. The number of fused-ring (bicyclic) bond motifs is 2. The van der Waals surface area contributed by atoms with Crippen molar-refractivity contribution in [3.05, 3.63) is 59.9 Å². The maximum absolute atomic E-state index is 11.6. The quantitative estimate of drug-likeness (QED) is 0.616. The van der Waals surface area contributed by atoms with Crippen LogP contribution in [0.15, 0.2) is 48.8 Å². The van der Waals surface area contributed by atoms with Gasteiger partial charge in [0.1, 0.15) is 17.5 Å². The lowest BCUT2D eigenvalue weighted by molar-refractivity contribution is -0.0231. The fourth-order valence-corrected chi connectivity index (χ4v) is 5.09. The van der Waals surface area contributed by atoms with Crippen molar-refractivity contribution in [3.8, 4) is 5.75 Å². The first-order valence-corrected chi connectivity index (χ1v) is 10.8. The molecule has 2 N–H and O–H groups in total. The van der Waals surface area contributed by atoms with Crippen LogP contribution in [0.3, 0.4) is 0 Å². The first kappa shape index (κ1) is 20.0. The van der Waals surface area contributed by atoms with Gasteiger partial charge in [-0.25, -0.2) is 9.78 Å². The van der Waals surface area contributed by atoms with Crippen molar-refractivity contribution in [2.24, 2.45) is 11.8 Å². The van der Waals surface area contributed by atoms with Gasteiger partial charge in [0, 0.05) is 37.4 Å². The van der Waals surface area contributed by atoms with Gasteiger partial charge in [-0.2, -0.15) is 0 Å². The van der Waals surface area contributed by atoms with E-state index in [1.807, 2.05) is 6.07 Å². The summed E-state index contributed by atoms with van der Waals surface area (Å²) in [5, 5.41) is 11.9. The summed E-state index contributed by atoms with van der Waals surface area (Å²) >= 11 is 0. The Kier molecular flexibility index (Phi) is 5.38. The normalized spacial score (nSPS) is 26.0. The van der Waals surface area contributed by atoms with Crippen LogP contribution in [-0.2, 0) is 11.3 Å². The van der Waals surface area contributed by atoms with Crippen LogP contribution in [-0.4, -0.2) is 58.4 Å². The molecule has 1 aliphatic heterocycles. The highest BCUT2D eigenvalue weighted by atomic mass is 16.5. The number of nitrogens with one attached hydrogen (secondary N) is 1. The number of aliphatic hydroxyl groups is 1. The molecule has 0 unspecified atom stereocenters. The molecule has 4 atom stereocenters. The molecule has 0 radical (unpaired) electrons. The van der Waals surface area contributed by atoms with Crippen LogP contribution in [0, 0.1) is 11.8 Å². The van der Waals surface area contributed by atoms with Gasteiger partial charge in [0.2, 0.25) is 0 Å². The van der Waals surface area contributed by atoms with Gasteiger partial charge >= 0.3 is 5.97 Å². The summed E-state index contributed by atoms with van der Waals surface area (Å²) in [7, 11) is 1.36. The molecule has 1 aliphatic carbocycles. The molecule has 1 saturated heterocycles. The number of likely N-dealkylation sites (tertiary alicyclic amines) is 1. The molecule has 7 heteroatoms. The average molecular weight is 421 g/mol. The number of hydrogen-bond donors (Lipinski definition) is 2. The van der Waals surface area contributed by atoms with Crippen LogP contribution in [0.5, 0.6) is 5.75 Å². The zero-order valence-electron chi connectivity index (χ0n) is 17.5. The van der Waals surface area contributed by atoms with Crippen LogP contribution in [0.1, 0.15) is 28.8 Å². The summed E-state index contributed by atoms with van der Waals surface area (Å²) in [5.74, 6) is 1.28. The van der Waals surface area contributed by atoms with Gasteiger partial charge in [0.25, 0.3) is 0 Å². The number of nitrogens with zero attached hydrogens (tertiary/aromatic N) is 2. The van der Waals surface area contributed by atoms with Crippen LogP contribution in [0.2, 0.25) is 0 Å². The lowest BCUT2D eigenvalue weighted by Gasteiger charge is -2.35. The summed E-state index contributed by atoms with van der Waals surface area (Å²) in [6.07, 6.45) is 4.72. The highest BCUT2D eigenvalue weighted by molar-refractivity contribution is 5.89. The Hall–Kier alpha value is -2.90. The van der Waals surface area contributed by atoms with Crippen molar-refractivity contribution in [2.75, 3.05) is 20.2 Å². The van der Waals surface area contributed by atoms with Gasteiger partial charge in [0.15, 0.2) is 0 Å². The maximum atomic E-state index is 11.6. The van der Waals surface area contributed by atoms with Crippen LogP contribution in [0.25, 0.3) is 11.0 Å². The van der Waals surface area contributed by atoms with Crippen molar-refractivity contribution >= 4 is 17.0 Å². The van der Waals surface area contributed by atoms with Crippen LogP contribution in [0.4, 0.5) is 0 Å². The highest BCUT2D eigenvalue weighted by Crippen LogP contribution is 2.38. The summed E-state index contributed by atoms with van der Waals surface area (Å²) in [6.45, 7) is 2.88. The zero-order chi connectivity index (χ0) is 21.4. The predicted molar refractivity (Wildman–Crippen MR) is 116 cm³/mol. The molecule has 0 amide bonds. The number of ether oxygens (including phenoxy) is 2. The van der Waals surface area contributed by atoms with Gasteiger partial charge in [-0.3, -0.25) is 4.90 Å². The van der Waals surface area contributed by atoms with Crippen molar-refractivity contribution < 1.29 is 19.4 Å². The number of aromatic amines is 1. The first-order chi connectivity index (χ1) is 15.1. The number of carbonyl (C=O) groups excluding carboxylic acids is 1. The molecule has 0 bridgehead atoms. The Labute approximate surface area is 181 Å². The topological polar surface area (TPSA) is 87.7 Å². The van der Waals surface area contributed by atoms with E-state index < -0.39 is 6.10 Å². The number of hydrogen-bond acceptors (Lipinski definition) is 6. The molecule has 7 nitrogen and oxygen atoms in total. The highest BCUT2D eigenvalue weighted by Gasteiger charge is 2.42. The molecule has 162 valence electrons. The number of methoxy groups -OCH3 is 1. The maximum Gasteiger partial charge on any atom is 0.337 e. The van der Waals surface area contributed by atoms with Crippen molar-refractivity contribution in [1.29, 1.82) is 0 Å². The second kappa shape index (κ2) is 8.32. The molecule has 1 saturated carbocycles. The van der Waals surface area contributed by atoms with E-state index in [2.05, 4.69) is 27.1 Å². The second-order valence-corrected chi connectivity index (χ2v) is 8.64. The lowest BCUT2D eigenvalue weighted by Crippen LogP contribution is -2.42. The average Bonchev–Trinajstić information content (AvgIpc) is 3.37. The number of pyridine rings is 1. The Morgan fingerprint density at radius 3 is 2.74 bits per heavy atom. The third-order valence-electron chi connectivity index (χ3n) is 6.65. The fraction of sp³-hybridized carbons (Fsp3) is 0.417. The number of aromatic nitrogens is 2. The molecule has 2 aromatic heterocycles. The lowest BCUT2D eigenvalue weighted by atomic mass is 9.78. The Morgan fingerprint density at radius 2 is 1.97 bits per heavy atom. The number of carbonyl (C=O) groups is 1. The summed E-state index contributed by atoms with van der Waals surface area (Å²) < 4.78 is 10.8. The minimum absolute atomic E-state index is 0.234. The van der Waals surface area contributed by atoms with E-state index in [-0.39, 0.29) is 12.1 Å². The zero-order valence-corrected chi connectivity index (χ0v) is 17.5. The van der Waals surface area contributed by atoms with E-state index in [1.165, 1.54) is 18.1 Å². The molecule has 1 aromatic carbocycles. The van der Waals surface area contributed by atoms with Gasteiger partial charge in [0.05, 0.1) is 18.8 Å². The minimum atomic E-state index is -0.487. The molecule has 2 fully saturated rings. The first-order valence-electron chi connectivity index (χ1n) is 10.8. The van der Waals surface area contributed by atoms with E-state index in [9.17, 15) is 9.90 Å². The van der Waals surface area contributed by atoms with Gasteiger partial charge in [-0.15, -0.1) is 0 Å². The molecular weight excluding hydrogens is 394 g/mol. The minimum Gasteiger partial charge on any atom is -0.488 e. The van der Waals surface area contributed by atoms with Gasteiger partial charge in [-0.05, 0) is 66.6 Å². The van der Waals surface area contributed by atoms with Gasteiger partial charge < -0.3 is 19.6 Å². The Morgan fingerprint density at radius 1 is 1.19 bits per heavy atom. The van der Waals surface area contributed by atoms with Crippen molar-refractivity contribution in [1.82, 2.24) is 14.9 Å².